The average molecular weight is 312 g/mol. The fourth-order valence-electron chi connectivity index (χ4n) is 2.88. The van der Waals surface area contributed by atoms with Crippen LogP contribution in [0.25, 0.3) is 6.08 Å². The van der Waals surface area contributed by atoms with Crippen LogP contribution >= 0.6 is 0 Å². The molecule has 0 heterocycles. The molecule has 0 fully saturated rings. The number of rotatable bonds is 7. The van der Waals surface area contributed by atoms with Gasteiger partial charge >= 0.3 is 6.36 Å². The maximum atomic E-state index is 12.2. The Hall–Kier alpha value is -1.45. The van der Waals surface area contributed by atoms with E-state index >= 15 is 0 Å². The van der Waals surface area contributed by atoms with Gasteiger partial charge in [0.15, 0.2) is 0 Å². The molecule has 0 spiro atoms. The highest BCUT2D eigenvalue weighted by atomic mass is 19.4. The first-order chi connectivity index (χ1) is 10.5. The minimum Gasteiger partial charge on any atom is -0.406 e. The molecule has 1 aliphatic carbocycles. The third-order valence-electron chi connectivity index (χ3n) is 4.02. The number of ether oxygens (including phenoxy) is 1. The van der Waals surface area contributed by atoms with E-state index in [1.165, 1.54) is 49.8 Å². The van der Waals surface area contributed by atoms with Gasteiger partial charge in [0.2, 0.25) is 0 Å². The summed E-state index contributed by atoms with van der Waals surface area (Å²) in [6, 6.07) is 4.64. The summed E-state index contributed by atoms with van der Waals surface area (Å²) in [4.78, 5) is 0. The number of halogens is 3. The number of fused-ring (bicyclic) bond motifs is 1. The molecular formula is C18H23F3O. The first-order valence-electron chi connectivity index (χ1n) is 8.06. The van der Waals surface area contributed by atoms with Crippen LogP contribution in [0, 0.1) is 0 Å². The van der Waals surface area contributed by atoms with Crippen LogP contribution in [0.3, 0.4) is 0 Å². The molecule has 0 saturated heterocycles. The molecule has 1 aromatic carbocycles. The van der Waals surface area contributed by atoms with E-state index in [1.807, 2.05) is 0 Å². The molecule has 0 unspecified atom stereocenters. The minimum atomic E-state index is -4.62. The first-order valence-corrected chi connectivity index (χ1v) is 8.06. The summed E-state index contributed by atoms with van der Waals surface area (Å²) >= 11 is 0. The Bertz CT molecular complexity index is 518. The average Bonchev–Trinajstić information content (AvgIpc) is 2.45. The Balaban J connectivity index is 1.92. The molecule has 0 atom stereocenters. The van der Waals surface area contributed by atoms with Crippen molar-refractivity contribution in [1.29, 1.82) is 0 Å². The monoisotopic (exact) mass is 312 g/mol. The van der Waals surface area contributed by atoms with Gasteiger partial charge in [0, 0.05) is 0 Å². The van der Waals surface area contributed by atoms with Gasteiger partial charge in [-0.2, -0.15) is 0 Å². The first kappa shape index (κ1) is 16.9. The van der Waals surface area contributed by atoms with Gasteiger partial charge in [-0.3, -0.25) is 0 Å². The van der Waals surface area contributed by atoms with Crippen molar-refractivity contribution in [1.82, 2.24) is 0 Å². The predicted molar refractivity (Wildman–Crippen MR) is 82.8 cm³/mol. The van der Waals surface area contributed by atoms with E-state index in [0.717, 1.165) is 30.4 Å². The van der Waals surface area contributed by atoms with Crippen LogP contribution < -0.4 is 4.74 Å². The Labute approximate surface area is 130 Å². The second-order valence-corrected chi connectivity index (χ2v) is 5.88. The van der Waals surface area contributed by atoms with Gasteiger partial charge in [-0.1, -0.05) is 50.3 Å². The van der Waals surface area contributed by atoms with Crippen LogP contribution in [0.15, 0.2) is 23.8 Å². The summed E-state index contributed by atoms with van der Waals surface area (Å²) in [5.41, 5.74) is 3.38. The summed E-state index contributed by atoms with van der Waals surface area (Å²) in [5, 5.41) is 0. The van der Waals surface area contributed by atoms with Crippen LogP contribution in [-0.4, -0.2) is 6.36 Å². The smallest absolute Gasteiger partial charge is 0.406 e. The van der Waals surface area contributed by atoms with E-state index < -0.39 is 6.36 Å². The SMILES string of the molecule is CCCCCCCC1=Cc2ccc(OC(F)(F)F)cc2CC1. The number of benzene rings is 1. The molecule has 1 nitrogen and oxygen atoms in total. The predicted octanol–water partition coefficient (Wildman–Crippen LogP) is 6.28. The molecule has 22 heavy (non-hydrogen) atoms. The van der Waals surface area contributed by atoms with E-state index in [2.05, 4.69) is 17.7 Å². The van der Waals surface area contributed by atoms with Crippen molar-refractivity contribution < 1.29 is 17.9 Å². The topological polar surface area (TPSA) is 9.23 Å². The normalized spacial score (nSPS) is 14.5. The molecule has 0 amide bonds. The summed E-state index contributed by atoms with van der Waals surface area (Å²) < 4.78 is 40.7. The largest absolute Gasteiger partial charge is 0.573 e. The molecule has 0 radical (unpaired) electrons. The number of aryl methyl sites for hydroxylation is 1. The van der Waals surface area contributed by atoms with Crippen LogP contribution in [0.4, 0.5) is 13.2 Å². The molecule has 122 valence electrons. The minimum absolute atomic E-state index is 0.123. The van der Waals surface area contributed by atoms with Crippen LogP contribution in [0.1, 0.15) is 63.0 Å². The number of unbranched alkanes of at least 4 members (excludes halogenated alkanes) is 4. The maximum Gasteiger partial charge on any atom is 0.573 e. The van der Waals surface area contributed by atoms with Crippen molar-refractivity contribution in [3.63, 3.8) is 0 Å². The van der Waals surface area contributed by atoms with Crippen molar-refractivity contribution in [2.24, 2.45) is 0 Å². The van der Waals surface area contributed by atoms with Gasteiger partial charge in [0.05, 0.1) is 0 Å². The van der Waals surface area contributed by atoms with Crippen molar-refractivity contribution in [2.45, 2.75) is 64.7 Å². The van der Waals surface area contributed by atoms with Gasteiger partial charge in [0.1, 0.15) is 5.75 Å². The van der Waals surface area contributed by atoms with Crippen molar-refractivity contribution in [3.8, 4) is 5.75 Å². The number of hydrogen-bond acceptors (Lipinski definition) is 1. The highest BCUT2D eigenvalue weighted by Gasteiger charge is 2.31. The van der Waals surface area contributed by atoms with Gasteiger partial charge < -0.3 is 4.74 Å². The Kier molecular flexibility index (Phi) is 5.92. The lowest BCUT2D eigenvalue weighted by molar-refractivity contribution is -0.274. The molecule has 0 N–H and O–H groups in total. The molecule has 2 rings (SSSR count). The van der Waals surface area contributed by atoms with Crippen LogP contribution in [0.2, 0.25) is 0 Å². The standard InChI is InChI=1S/C18H23F3O/c1-2-3-4-5-6-7-14-8-9-16-13-17(22-18(19,20)21)11-10-15(16)12-14/h10-13H,2-9H2,1H3. The zero-order valence-electron chi connectivity index (χ0n) is 13.0. The van der Waals surface area contributed by atoms with E-state index in [-0.39, 0.29) is 5.75 Å². The van der Waals surface area contributed by atoms with Gasteiger partial charge in [-0.05, 0) is 48.9 Å². The lowest BCUT2D eigenvalue weighted by Crippen LogP contribution is -2.17. The Morgan fingerprint density at radius 1 is 1.05 bits per heavy atom. The Morgan fingerprint density at radius 2 is 1.82 bits per heavy atom. The quantitative estimate of drug-likeness (QED) is 0.539. The van der Waals surface area contributed by atoms with Crippen molar-refractivity contribution in [2.75, 3.05) is 0 Å². The lowest BCUT2D eigenvalue weighted by atomic mass is 9.89. The van der Waals surface area contributed by atoms with Crippen molar-refractivity contribution in [3.05, 3.63) is 34.9 Å². The van der Waals surface area contributed by atoms with Crippen LogP contribution in [-0.2, 0) is 6.42 Å². The van der Waals surface area contributed by atoms with E-state index in [4.69, 9.17) is 0 Å². The second-order valence-electron chi connectivity index (χ2n) is 5.88. The zero-order valence-corrected chi connectivity index (χ0v) is 13.0. The lowest BCUT2D eigenvalue weighted by Gasteiger charge is -2.18. The summed E-state index contributed by atoms with van der Waals surface area (Å²) in [6.45, 7) is 2.21. The second kappa shape index (κ2) is 7.70. The van der Waals surface area contributed by atoms with Crippen molar-refractivity contribution >= 4 is 6.08 Å². The van der Waals surface area contributed by atoms with E-state index in [9.17, 15) is 13.2 Å². The highest BCUT2D eigenvalue weighted by molar-refractivity contribution is 5.60. The fraction of sp³-hybridized carbons (Fsp3) is 0.556. The summed E-state index contributed by atoms with van der Waals surface area (Å²) in [5.74, 6) is -0.123. The molecule has 0 bridgehead atoms. The summed E-state index contributed by atoms with van der Waals surface area (Å²) in [6.07, 6.45) is 6.65. The van der Waals surface area contributed by atoms with E-state index in [1.54, 1.807) is 6.07 Å². The summed E-state index contributed by atoms with van der Waals surface area (Å²) in [7, 11) is 0. The van der Waals surface area contributed by atoms with E-state index in [0.29, 0.717) is 0 Å². The molecule has 4 heteroatoms. The number of hydrogen-bond donors (Lipinski definition) is 0. The maximum absolute atomic E-state index is 12.2. The number of allylic oxidation sites excluding steroid dienone is 1. The highest BCUT2D eigenvalue weighted by Crippen LogP contribution is 2.31. The molecule has 1 aromatic rings. The third-order valence-corrected chi connectivity index (χ3v) is 4.02. The fourth-order valence-corrected chi connectivity index (χ4v) is 2.88. The van der Waals surface area contributed by atoms with Crippen LogP contribution in [0.5, 0.6) is 5.75 Å². The third kappa shape index (κ3) is 5.39. The molecule has 0 saturated carbocycles. The molecule has 1 aliphatic rings. The molecule has 0 aliphatic heterocycles. The molecular weight excluding hydrogens is 289 g/mol. The zero-order chi connectivity index (χ0) is 16.0. The Morgan fingerprint density at radius 3 is 2.55 bits per heavy atom. The van der Waals surface area contributed by atoms with Gasteiger partial charge in [-0.25, -0.2) is 0 Å². The number of alkyl halides is 3. The molecule has 0 aromatic heterocycles. The van der Waals surface area contributed by atoms with Gasteiger partial charge in [-0.15, -0.1) is 13.2 Å². The van der Waals surface area contributed by atoms with Gasteiger partial charge in [0.25, 0.3) is 0 Å².